The van der Waals surface area contributed by atoms with Crippen LogP contribution in [0.1, 0.15) is 0 Å². The fourth-order valence-corrected chi connectivity index (χ4v) is 9.60. The molecule has 0 amide bonds. The average molecular weight is 816 g/mol. The number of para-hydroxylation sites is 1. The summed E-state index contributed by atoms with van der Waals surface area (Å²) in [5, 5.41) is 7.22. The Labute approximate surface area is 372 Å². The Morgan fingerprint density at radius 3 is 1.36 bits per heavy atom. The molecule has 0 unspecified atom stereocenters. The van der Waals surface area contributed by atoms with Crippen LogP contribution in [0.4, 0.5) is 17.1 Å². The Hall–Kier alpha value is -8.46. The highest BCUT2D eigenvalue weighted by atomic mass is 16.3. The molecule has 0 N–H and O–H groups in total. The van der Waals surface area contributed by atoms with Crippen molar-refractivity contribution in [3.8, 4) is 55.6 Å². The van der Waals surface area contributed by atoms with Crippen molar-refractivity contribution in [2.45, 2.75) is 0 Å². The number of nitrogens with zero attached hydrogens (tertiary/aromatic N) is 1. The van der Waals surface area contributed by atoms with Crippen LogP contribution in [0.15, 0.2) is 253 Å². The molecule has 0 spiro atoms. The van der Waals surface area contributed by atoms with Crippen molar-refractivity contribution in [2.75, 3.05) is 4.90 Å². The SMILES string of the molecule is c1ccc(-c2ccccc2-c2ccccc2-c2ccccc2-c2ccc(N(c3ccc(-c4ccc5oc6ccccc6c5c4)cc3)c3ccc4c(ccc5ccccc54)c3)cc2)cc1. The summed E-state index contributed by atoms with van der Waals surface area (Å²) in [4.78, 5) is 2.37. The predicted molar refractivity (Wildman–Crippen MR) is 271 cm³/mol. The zero-order valence-electron chi connectivity index (χ0n) is 35.0. The second-order valence-electron chi connectivity index (χ2n) is 16.4. The van der Waals surface area contributed by atoms with Crippen molar-refractivity contribution in [1.29, 1.82) is 0 Å². The maximum absolute atomic E-state index is 6.15. The first-order valence-corrected chi connectivity index (χ1v) is 21.9. The molecular weight excluding hydrogens is 775 g/mol. The zero-order valence-corrected chi connectivity index (χ0v) is 35.0. The van der Waals surface area contributed by atoms with Gasteiger partial charge in [-0.25, -0.2) is 0 Å². The van der Waals surface area contributed by atoms with Crippen molar-refractivity contribution < 1.29 is 4.42 Å². The van der Waals surface area contributed by atoms with Gasteiger partial charge in [-0.05, 0) is 132 Å². The van der Waals surface area contributed by atoms with Gasteiger partial charge in [-0.2, -0.15) is 0 Å². The summed E-state index contributed by atoms with van der Waals surface area (Å²) in [6, 6.07) is 89.8. The van der Waals surface area contributed by atoms with E-state index in [0.717, 1.165) is 55.7 Å². The topological polar surface area (TPSA) is 16.4 Å². The van der Waals surface area contributed by atoms with Crippen LogP contribution >= 0.6 is 0 Å². The highest BCUT2D eigenvalue weighted by Crippen LogP contribution is 2.44. The first-order chi connectivity index (χ1) is 31.7. The summed E-state index contributed by atoms with van der Waals surface area (Å²) < 4.78 is 6.15. The van der Waals surface area contributed by atoms with Gasteiger partial charge in [-0.3, -0.25) is 0 Å². The molecular formula is C62H41NO. The second kappa shape index (κ2) is 15.8. The van der Waals surface area contributed by atoms with Crippen LogP contribution in [0.25, 0.3) is 99.1 Å². The molecule has 11 aromatic carbocycles. The third-order valence-corrected chi connectivity index (χ3v) is 12.7. The highest BCUT2D eigenvalue weighted by Gasteiger charge is 2.18. The second-order valence-corrected chi connectivity index (χ2v) is 16.4. The van der Waals surface area contributed by atoms with Crippen molar-refractivity contribution in [3.05, 3.63) is 249 Å². The van der Waals surface area contributed by atoms with E-state index >= 15 is 0 Å². The Morgan fingerprint density at radius 1 is 0.234 bits per heavy atom. The first kappa shape index (κ1) is 37.3. The fraction of sp³-hybridized carbons (Fsp3) is 0. The molecule has 300 valence electrons. The maximum atomic E-state index is 6.15. The van der Waals surface area contributed by atoms with Crippen LogP contribution in [0.5, 0.6) is 0 Å². The number of rotatable bonds is 8. The average Bonchev–Trinajstić information content (AvgIpc) is 3.75. The monoisotopic (exact) mass is 815 g/mol. The summed E-state index contributed by atoms with van der Waals surface area (Å²) in [5.74, 6) is 0. The standard InChI is InChI=1S/C62H41NO/c1-2-14-43(15-3-1)52-18-6-8-20-55(52)57-22-10-11-23-58(57)56-21-9-7-19-53(56)45-30-35-49(36-31-45)63(50-37-38-54-47(40-50)27-26-44-16-4-5-17-51(44)54)48-33-28-42(29-34-48)46-32-39-62-60(41-46)59-24-12-13-25-61(59)64-62/h1-41H. The van der Waals surface area contributed by atoms with E-state index in [4.69, 9.17) is 4.42 Å². The zero-order chi connectivity index (χ0) is 42.4. The van der Waals surface area contributed by atoms with Gasteiger partial charge in [0.15, 0.2) is 0 Å². The molecule has 1 heterocycles. The minimum Gasteiger partial charge on any atom is -0.456 e. The third kappa shape index (κ3) is 6.61. The molecule has 0 saturated heterocycles. The molecule has 64 heavy (non-hydrogen) atoms. The lowest BCUT2D eigenvalue weighted by molar-refractivity contribution is 0.669. The van der Waals surface area contributed by atoms with Gasteiger partial charge in [0.1, 0.15) is 11.2 Å². The summed E-state index contributed by atoms with van der Waals surface area (Å²) in [6.07, 6.45) is 0. The fourth-order valence-electron chi connectivity index (χ4n) is 9.60. The van der Waals surface area contributed by atoms with Gasteiger partial charge in [0.2, 0.25) is 0 Å². The van der Waals surface area contributed by atoms with E-state index in [1.807, 2.05) is 12.1 Å². The third-order valence-electron chi connectivity index (χ3n) is 12.7. The van der Waals surface area contributed by atoms with Crippen LogP contribution in [0.3, 0.4) is 0 Å². The number of fused-ring (bicyclic) bond motifs is 6. The van der Waals surface area contributed by atoms with E-state index < -0.39 is 0 Å². The Kier molecular flexibility index (Phi) is 9.20. The number of anilines is 3. The van der Waals surface area contributed by atoms with E-state index in [1.54, 1.807) is 0 Å². The molecule has 0 aliphatic rings. The van der Waals surface area contributed by atoms with Gasteiger partial charge < -0.3 is 9.32 Å². The maximum Gasteiger partial charge on any atom is 0.135 e. The molecule has 0 bridgehead atoms. The smallest absolute Gasteiger partial charge is 0.135 e. The largest absolute Gasteiger partial charge is 0.456 e. The number of furan rings is 1. The number of benzene rings is 11. The van der Waals surface area contributed by atoms with Crippen LogP contribution in [-0.4, -0.2) is 0 Å². The van der Waals surface area contributed by atoms with Crippen LogP contribution < -0.4 is 4.90 Å². The Morgan fingerprint density at radius 2 is 0.688 bits per heavy atom. The van der Waals surface area contributed by atoms with Gasteiger partial charge in [0.05, 0.1) is 0 Å². The molecule has 12 rings (SSSR count). The number of hydrogen-bond donors (Lipinski definition) is 0. The molecule has 12 aromatic rings. The Bertz CT molecular complexity index is 3660. The van der Waals surface area contributed by atoms with Crippen molar-refractivity contribution in [3.63, 3.8) is 0 Å². The van der Waals surface area contributed by atoms with E-state index in [0.29, 0.717) is 0 Å². The lowest BCUT2D eigenvalue weighted by Crippen LogP contribution is -2.09. The summed E-state index contributed by atoms with van der Waals surface area (Å²) in [7, 11) is 0. The van der Waals surface area contributed by atoms with Gasteiger partial charge in [0, 0.05) is 27.8 Å². The van der Waals surface area contributed by atoms with Gasteiger partial charge in [0.25, 0.3) is 0 Å². The quantitative estimate of drug-likeness (QED) is 0.142. The van der Waals surface area contributed by atoms with Gasteiger partial charge in [-0.1, -0.05) is 194 Å². The predicted octanol–water partition coefficient (Wildman–Crippen LogP) is 17.7. The van der Waals surface area contributed by atoms with Gasteiger partial charge >= 0.3 is 0 Å². The molecule has 2 heteroatoms. The summed E-state index contributed by atoms with van der Waals surface area (Å²) in [5.41, 5.74) is 17.0. The van der Waals surface area contributed by atoms with Crippen LogP contribution in [0, 0.1) is 0 Å². The first-order valence-electron chi connectivity index (χ1n) is 21.9. The summed E-state index contributed by atoms with van der Waals surface area (Å²) >= 11 is 0. The van der Waals surface area contributed by atoms with E-state index in [1.165, 1.54) is 60.5 Å². The van der Waals surface area contributed by atoms with E-state index in [2.05, 4.69) is 241 Å². The van der Waals surface area contributed by atoms with Crippen LogP contribution in [-0.2, 0) is 0 Å². The Balaban J connectivity index is 0.945. The van der Waals surface area contributed by atoms with Crippen molar-refractivity contribution >= 4 is 60.5 Å². The molecule has 0 saturated carbocycles. The molecule has 0 fully saturated rings. The van der Waals surface area contributed by atoms with Crippen molar-refractivity contribution in [2.24, 2.45) is 0 Å². The molecule has 2 nitrogen and oxygen atoms in total. The highest BCUT2D eigenvalue weighted by molar-refractivity contribution is 6.09. The lowest BCUT2D eigenvalue weighted by atomic mass is 9.87. The lowest BCUT2D eigenvalue weighted by Gasteiger charge is -2.26. The van der Waals surface area contributed by atoms with E-state index in [-0.39, 0.29) is 0 Å². The van der Waals surface area contributed by atoms with Crippen molar-refractivity contribution in [1.82, 2.24) is 0 Å². The normalized spacial score (nSPS) is 11.4. The minimum atomic E-state index is 0.903. The molecule has 0 aliphatic carbocycles. The van der Waals surface area contributed by atoms with Crippen LogP contribution in [0.2, 0.25) is 0 Å². The minimum absolute atomic E-state index is 0.903. The summed E-state index contributed by atoms with van der Waals surface area (Å²) in [6.45, 7) is 0. The van der Waals surface area contributed by atoms with E-state index in [9.17, 15) is 0 Å². The molecule has 0 radical (unpaired) electrons. The molecule has 0 aliphatic heterocycles. The molecule has 1 aromatic heterocycles. The van der Waals surface area contributed by atoms with Gasteiger partial charge in [-0.15, -0.1) is 0 Å². The number of hydrogen-bond acceptors (Lipinski definition) is 2. The molecule has 0 atom stereocenters.